The molecule has 6 nitrogen and oxygen atoms in total. The summed E-state index contributed by atoms with van der Waals surface area (Å²) in [5.74, 6) is 1.28. The van der Waals surface area contributed by atoms with Gasteiger partial charge in [0, 0.05) is 45.7 Å². The minimum atomic E-state index is -0.270. The molecule has 0 saturated carbocycles. The number of allylic oxidation sites excluding steroid dienone is 2. The van der Waals surface area contributed by atoms with E-state index in [9.17, 15) is 9.90 Å². The Balaban J connectivity index is 1.64. The highest BCUT2D eigenvalue weighted by atomic mass is 32.1. The molecule has 0 unspecified atom stereocenters. The largest absolute Gasteiger partial charge is 0.504 e. The standard InChI is InChI=1S/C22H21N3O3S/c1-11-19-20(12-5-6-17(28-2)15(26)9-12)21-14(23-22(19)25-24-11)8-13(10-16(21)27)18-4-3-7-29-18/h3-7,9,13,20,26H,8,10H2,1-2H3,(H2,23,24,25)/t13-,20+/m1/s1. The van der Waals surface area contributed by atoms with Crippen molar-refractivity contribution >= 4 is 22.9 Å². The molecule has 3 N–H and O–H groups in total. The molecule has 0 amide bonds. The van der Waals surface area contributed by atoms with Gasteiger partial charge in [-0.05, 0) is 42.5 Å². The molecule has 3 aromatic rings. The molecule has 0 bridgehead atoms. The van der Waals surface area contributed by atoms with Gasteiger partial charge in [0.1, 0.15) is 0 Å². The van der Waals surface area contributed by atoms with Crippen molar-refractivity contribution < 1.29 is 14.6 Å². The number of nitrogens with zero attached hydrogens (tertiary/aromatic N) is 1. The second-order valence-electron chi connectivity index (χ2n) is 7.54. The maximum Gasteiger partial charge on any atom is 0.162 e. The summed E-state index contributed by atoms with van der Waals surface area (Å²) < 4.78 is 5.19. The van der Waals surface area contributed by atoms with Crippen LogP contribution in [0.5, 0.6) is 11.5 Å². The fourth-order valence-electron chi connectivity index (χ4n) is 4.50. The van der Waals surface area contributed by atoms with Gasteiger partial charge in [0.25, 0.3) is 0 Å². The number of phenols is 1. The molecule has 0 spiro atoms. The lowest BCUT2D eigenvalue weighted by molar-refractivity contribution is -0.116. The monoisotopic (exact) mass is 407 g/mol. The lowest BCUT2D eigenvalue weighted by Crippen LogP contribution is -2.29. The topological polar surface area (TPSA) is 87.2 Å². The molecule has 7 heteroatoms. The molecule has 2 aliphatic rings. The first-order valence-corrected chi connectivity index (χ1v) is 10.4. The number of phenolic OH excluding ortho intramolecular Hbond substituents is 1. The van der Waals surface area contributed by atoms with Crippen molar-refractivity contribution in [3.8, 4) is 11.5 Å². The number of ketones is 1. The van der Waals surface area contributed by atoms with Gasteiger partial charge < -0.3 is 15.2 Å². The first-order valence-electron chi connectivity index (χ1n) is 9.55. The molecular formula is C22H21N3O3S. The van der Waals surface area contributed by atoms with Gasteiger partial charge in [-0.1, -0.05) is 12.1 Å². The summed E-state index contributed by atoms with van der Waals surface area (Å²) in [6.07, 6.45) is 1.26. The van der Waals surface area contributed by atoms with E-state index in [1.54, 1.807) is 23.5 Å². The van der Waals surface area contributed by atoms with Crippen molar-refractivity contribution in [3.63, 3.8) is 0 Å². The number of carbonyl (C=O) groups excluding carboxylic acids is 1. The summed E-state index contributed by atoms with van der Waals surface area (Å²) in [6, 6.07) is 9.47. The Kier molecular flexibility index (Phi) is 4.20. The number of hydrogen-bond donors (Lipinski definition) is 3. The normalized spacial score (nSPS) is 20.8. The number of ether oxygens (including phenoxy) is 1. The second kappa shape index (κ2) is 6.77. The molecule has 0 radical (unpaired) electrons. The van der Waals surface area contributed by atoms with E-state index >= 15 is 0 Å². The molecule has 3 heterocycles. The Hall–Kier alpha value is -3.06. The number of hydrogen-bond acceptors (Lipinski definition) is 6. The van der Waals surface area contributed by atoms with Crippen LogP contribution in [0.3, 0.4) is 0 Å². The highest BCUT2D eigenvalue weighted by Gasteiger charge is 2.40. The lowest BCUT2D eigenvalue weighted by Gasteiger charge is -2.34. The van der Waals surface area contributed by atoms with E-state index in [0.717, 1.165) is 40.3 Å². The van der Waals surface area contributed by atoms with Crippen molar-refractivity contribution in [2.75, 3.05) is 12.4 Å². The van der Waals surface area contributed by atoms with Crippen LogP contribution < -0.4 is 10.1 Å². The fraction of sp³-hybridized carbons (Fsp3) is 0.273. The van der Waals surface area contributed by atoms with Gasteiger partial charge in [-0.15, -0.1) is 11.3 Å². The Morgan fingerprint density at radius 1 is 1.28 bits per heavy atom. The minimum Gasteiger partial charge on any atom is -0.504 e. The van der Waals surface area contributed by atoms with Crippen LogP contribution in [0.15, 0.2) is 47.0 Å². The summed E-state index contributed by atoms with van der Waals surface area (Å²) in [5, 5.41) is 23.3. The van der Waals surface area contributed by atoms with Crippen LogP contribution in [0, 0.1) is 6.92 Å². The van der Waals surface area contributed by atoms with Gasteiger partial charge in [-0.3, -0.25) is 9.89 Å². The van der Waals surface area contributed by atoms with Gasteiger partial charge in [0.2, 0.25) is 0 Å². The number of aromatic amines is 1. The van der Waals surface area contributed by atoms with E-state index in [4.69, 9.17) is 4.74 Å². The minimum absolute atomic E-state index is 0.0631. The number of nitrogens with one attached hydrogen (secondary N) is 2. The van der Waals surface area contributed by atoms with Crippen molar-refractivity contribution in [3.05, 3.63) is 68.7 Å². The van der Waals surface area contributed by atoms with Crippen LogP contribution in [0.25, 0.3) is 0 Å². The average molecular weight is 407 g/mol. The van der Waals surface area contributed by atoms with Gasteiger partial charge >= 0.3 is 0 Å². The third kappa shape index (κ3) is 2.84. The van der Waals surface area contributed by atoms with Gasteiger partial charge in [-0.2, -0.15) is 5.10 Å². The quantitative estimate of drug-likeness (QED) is 0.597. The van der Waals surface area contributed by atoms with Crippen LogP contribution in [0.4, 0.5) is 5.82 Å². The number of benzene rings is 1. The molecule has 1 aliphatic carbocycles. The summed E-state index contributed by atoms with van der Waals surface area (Å²) >= 11 is 1.69. The maximum absolute atomic E-state index is 13.4. The van der Waals surface area contributed by atoms with E-state index in [-0.39, 0.29) is 23.4 Å². The predicted molar refractivity (Wildman–Crippen MR) is 112 cm³/mol. The number of carbonyl (C=O) groups is 1. The number of anilines is 1. The molecule has 0 fully saturated rings. The Labute approximate surface area is 172 Å². The van der Waals surface area contributed by atoms with Crippen LogP contribution in [-0.2, 0) is 4.79 Å². The molecule has 0 saturated heterocycles. The zero-order chi connectivity index (χ0) is 20.1. The third-order valence-corrected chi connectivity index (χ3v) is 6.87. The highest BCUT2D eigenvalue weighted by Crippen LogP contribution is 2.49. The smallest absolute Gasteiger partial charge is 0.162 e. The van der Waals surface area contributed by atoms with Crippen LogP contribution in [0.1, 0.15) is 46.4 Å². The van der Waals surface area contributed by atoms with E-state index in [0.29, 0.717) is 12.2 Å². The van der Waals surface area contributed by atoms with Crippen molar-refractivity contribution in [1.29, 1.82) is 0 Å². The number of thiophene rings is 1. The van der Waals surface area contributed by atoms with E-state index in [1.165, 1.54) is 12.0 Å². The lowest BCUT2D eigenvalue weighted by atomic mass is 9.73. The van der Waals surface area contributed by atoms with E-state index in [1.807, 2.05) is 19.1 Å². The molecule has 2 aromatic heterocycles. The van der Waals surface area contributed by atoms with E-state index in [2.05, 4.69) is 27.0 Å². The number of methoxy groups -OCH3 is 1. The predicted octanol–water partition coefficient (Wildman–Crippen LogP) is 4.45. The summed E-state index contributed by atoms with van der Waals surface area (Å²) in [5.41, 5.74) is 4.42. The molecule has 148 valence electrons. The summed E-state index contributed by atoms with van der Waals surface area (Å²) in [6.45, 7) is 1.96. The van der Waals surface area contributed by atoms with Gasteiger partial charge in [0.15, 0.2) is 23.1 Å². The number of aromatic hydroxyl groups is 1. The van der Waals surface area contributed by atoms with E-state index < -0.39 is 0 Å². The Morgan fingerprint density at radius 3 is 2.86 bits per heavy atom. The Bertz CT molecular complexity index is 1130. The number of aromatic nitrogens is 2. The van der Waals surface area contributed by atoms with Crippen LogP contribution in [0.2, 0.25) is 0 Å². The van der Waals surface area contributed by atoms with Gasteiger partial charge in [-0.25, -0.2) is 0 Å². The number of rotatable bonds is 3. The van der Waals surface area contributed by atoms with Crippen LogP contribution >= 0.6 is 11.3 Å². The molecule has 29 heavy (non-hydrogen) atoms. The Morgan fingerprint density at radius 2 is 2.14 bits per heavy atom. The summed E-state index contributed by atoms with van der Waals surface area (Å²) in [7, 11) is 1.52. The van der Waals surface area contributed by atoms with Crippen molar-refractivity contribution in [2.45, 2.75) is 31.6 Å². The second-order valence-corrected chi connectivity index (χ2v) is 8.52. The number of aryl methyl sites for hydroxylation is 1. The molecule has 2 atom stereocenters. The number of Topliss-reactive ketones (excluding diaryl/α,β-unsaturated/α-hetero) is 1. The first kappa shape index (κ1) is 18.0. The fourth-order valence-corrected chi connectivity index (χ4v) is 5.33. The highest BCUT2D eigenvalue weighted by molar-refractivity contribution is 7.10. The molecule has 1 aromatic carbocycles. The van der Waals surface area contributed by atoms with Crippen molar-refractivity contribution in [1.82, 2.24) is 10.2 Å². The van der Waals surface area contributed by atoms with Crippen molar-refractivity contribution in [2.24, 2.45) is 0 Å². The molecular weight excluding hydrogens is 386 g/mol. The summed E-state index contributed by atoms with van der Waals surface area (Å²) in [4.78, 5) is 14.6. The maximum atomic E-state index is 13.4. The molecule has 1 aliphatic heterocycles. The third-order valence-electron chi connectivity index (χ3n) is 5.83. The van der Waals surface area contributed by atoms with Crippen LogP contribution in [-0.4, -0.2) is 28.2 Å². The molecule has 5 rings (SSSR count). The SMILES string of the molecule is COc1ccc([C@@H]2C3=C(C[C@@H](c4cccs4)CC3=O)Nc3n[nH]c(C)c32)cc1O. The average Bonchev–Trinajstić information content (AvgIpc) is 3.37. The zero-order valence-electron chi connectivity index (χ0n) is 16.2. The number of H-pyrrole nitrogens is 1. The first-order chi connectivity index (χ1) is 14.1. The number of fused-ring (bicyclic) bond motifs is 1. The van der Waals surface area contributed by atoms with Gasteiger partial charge in [0.05, 0.1) is 7.11 Å². The zero-order valence-corrected chi connectivity index (χ0v) is 17.0.